The molecule has 0 unspecified atom stereocenters. The van der Waals surface area contributed by atoms with Gasteiger partial charge in [-0.2, -0.15) is 0 Å². The second-order valence-corrected chi connectivity index (χ2v) is 4.55. The lowest BCUT2D eigenvalue weighted by Gasteiger charge is -2.25. The summed E-state index contributed by atoms with van der Waals surface area (Å²) < 4.78 is 1.59. The van der Waals surface area contributed by atoms with Gasteiger partial charge in [0.15, 0.2) is 0 Å². The van der Waals surface area contributed by atoms with E-state index in [1.165, 1.54) is 0 Å². The Bertz CT molecular complexity index is 548. The van der Waals surface area contributed by atoms with Gasteiger partial charge in [-0.25, -0.2) is 4.68 Å². The van der Waals surface area contributed by atoms with E-state index in [1.807, 2.05) is 32.0 Å². The first-order valence-corrected chi connectivity index (χ1v) is 6.43. The molecule has 0 N–H and O–H groups in total. The van der Waals surface area contributed by atoms with Gasteiger partial charge in [-0.15, -0.1) is 16.7 Å². The molecule has 0 aliphatic carbocycles. The van der Waals surface area contributed by atoms with Gasteiger partial charge in [0, 0.05) is 6.20 Å². The van der Waals surface area contributed by atoms with Crippen LogP contribution in [0, 0.1) is 13.8 Å². The molecule has 100 valence electrons. The Kier molecular flexibility index (Phi) is 4.16. The number of aryl methyl sites for hydroxylation is 2. The van der Waals surface area contributed by atoms with Crippen molar-refractivity contribution in [3.63, 3.8) is 0 Å². The number of nitrogens with zero attached hydrogens (tertiary/aromatic N) is 4. The first kappa shape index (κ1) is 13.5. The molecule has 0 spiro atoms. The van der Waals surface area contributed by atoms with Crippen molar-refractivity contribution >= 4 is 23.2 Å². The second-order valence-electron chi connectivity index (χ2n) is 4.28. The fourth-order valence-electron chi connectivity index (χ4n) is 2.03. The predicted molar refractivity (Wildman–Crippen MR) is 74.1 cm³/mol. The van der Waals surface area contributed by atoms with Gasteiger partial charge in [-0.05, 0) is 25.0 Å². The van der Waals surface area contributed by atoms with Crippen LogP contribution < -0.4 is 4.90 Å². The van der Waals surface area contributed by atoms with Gasteiger partial charge in [0.05, 0.1) is 11.9 Å². The van der Waals surface area contributed by atoms with Gasteiger partial charge in [0.2, 0.25) is 5.91 Å². The molecular weight excluding hydrogens is 264 g/mol. The average Bonchev–Trinajstić information content (AvgIpc) is 2.89. The normalized spacial score (nSPS) is 10.5. The number of carbonyl (C=O) groups is 1. The Balaban J connectivity index is 2.40. The zero-order chi connectivity index (χ0) is 13.8. The van der Waals surface area contributed by atoms with Crippen molar-refractivity contribution in [2.75, 3.05) is 10.8 Å². The van der Waals surface area contributed by atoms with Crippen LogP contribution in [0.4, 0.5) is 5.69 Å². The van der Waals surface area contributed by atoms with Crippen molar-refractivity contribution in [1.29, 1.82) is 0 Å². The predicted octanol–water partition coefficient (Wildman–Crippen LogP) is 2.12. The highest BCUT2D eigenvalue weighted by Gasteiger charge is 2.19. The topological polar surface area (TPSA) is 51.0 Å². The van der Waals surface area contributed by atoms with Crippen molar-refractivity contribution in [2.24, 2.45) is 0 Å². The van der Waals surface area contributed by atoms with E-state index in [1.54, 1.807) is 22.0 Å². The molecule has 6 heteroatoms. The Morgan fingerprint density at radius 3 is 2.58 bits per heavy atom. The Labute approximate surface area is 116 Å². The smallest absolute Gasteiger partial charge is 0.243 e. The Morgan fingerprint density at radius 2 is 2.05 bits per heavy atom. The molecule has 19 heavy (non-hydrogen) atoms. The van der Waals surface area contributed by atoms with E-state index >= 15 is 0 Å². The third-order valence-electron chi connectivity index (χ3n) is 2.88. The molecule has 2 rings (SSSR count). The number of carbonyl (C=O) groups excluding carboxylic acids is 1. The quantitative estimate of drug-likeness (QED) is 0.805. The van der Waals surface area contributed by atoms with Crippen molar-refractivity contribution in [3.8, 4) is 0 Å². The number of benzene rings is 1. The fourth-order valence-corrected chi connectivity index (χ4v) is 2.18. The highest BCUT2D eigenvalue weighted by atomic mass is 35.5. The number of hydrogen-bond acceptors (Lipinski definition) is 3. The summed E-state index contributed by atoms with van der Waals surface area (Å²) in [7, 11) is 0. The summed E-state index contributed by atoms with van der Waals surface area (Å²) in [5, 5.41) is 7.63. The maximum Gasteiger partial charge on any atom is 0.243 e. The van der Waals surface area contributed by atoms with Crippen LogP contribution in [0.25, 0.3) is 0 Å². The maximum atomic E-state index is 12.1. The summed E-state index contributed by atoms with van der Waals surface area (Å²) in [6, 6.07) is 5.91. The van der Waals surface area contributed by atoms with Gasteiger partial charge in [0.25, 0.3) is 0 Å². The molecule has 0 aliphatic heterocycles. The first-order chi connectivity index (χ1) is 9.13. The minimum absolute atomic E-state index is 0.0670. The summed E-state index contributed by atoms with van der Waals surface area (Å²) in [5.74, 6) is -0.225. The minimum atomic E-state index is -0.158. The molecule has 0 atom stereocenters. The average molecular weight is 279 g/mol. The molecule has 1 aromatic carbocycles. The second kappa shape index (κ2) is 5.84. The summed E-state index contributed by atoms with van der Waals surface area (Å²) >= 11 is 5.70. The van der Waals surface area contributed by atoms with Crippen LogP contribution in [0.2, 0.25) is 0 Å². The number of aromatic nitrogens is 3. The van der Waals surface area contributed by atoms with Gasteiger partial charge in [-0.3, -0.25) is 9.69 Å². The van der Waals surface area contributed by atoms with Gasteiger partial charge in [0.1, 0.15) is 12.5 Å². The molecular formula is C13H15ClN4O. The fraction of sp³-hybridized carbons (Fsp3) is 0.308. The minimum Gasteiger partial charge on any atom is -0.291 e. The van der Waals surface area contributed by atoms with Crippen molar-refractivity contribution in [3.05, 3.63) is 41.7 Å². The lowest BCUT2D eigenvalue weighted by atomic mass is 10.1. The molecule has 1 heterocycles. The summed E-state index contributed by atoms with van der Waals surface area (Å²) in [5.41, 5.74) is 2.93. The van der Waals surface area contributed by atoms with E-state index in [9.17, 15) is 4.79 Å². The molecule has 0 aliphatic rings. The summed E-state index contributed by atoms with van der Waals surface area (Å²) in [6.45, 7) is 4.24. The van der Waals surface area contributed by atoms with E-state index in [-0.39, 0.29) is 11.8 Å². The Morgan fingerprint density at radius 1 is 1.37 bits per heavy atom. The first-order valence-electron chi connectivity index (χ1n) is 5.90. The third-order valence-corrected chi connectivity index (χ3v) is 3.11. The monoisotopic (exact) mass is 278 g/mol. The van der Waals surface area contributed by atoms with Crippen LogP contribution in [0.15, 0.2) is 30.6 Å². The van der Waals surface area contributed by atoms with Gasteiger partial charge < -0.3 is 0 Å². The standard InChI is InChI=1S/C13H15ClN4O/c1-10-4-3-5-11(2)13(10)18(12(19)8-14)9-17-7-6-15-16-17/h3-7H,8-9H2,1-2H3. The zero-order valence-electron chi connectivity index (χ0n) is 10.9. The maximum absolute atomic E-state index is 12.1. The van der Waals surface area contributed by atoms with Crippen molar-refractivity contribution in [1.82, 2.24) is 15.0 Å². The molecule has 1 amide bonds. The van der Waals surface area contributed by atoms with Crippen LogP contribution in [-0.2, 0) is 11.5 Å². The van der Waals surface area contributed by atoms with Crippen molar-refractivity contribution < 1.29 is 4.79 Å². The molecule has 0 saturated carbocycles. The molecule has 1 aromatic heterocycles. The van der Waals surface area contributed by atoms with Crippen LogP contribution in [0.1, 0.15) is 11.1 Å². The number of para-hydroxylation sites is 1. The molecule has 0 saturated heterocycles. The van der Waals surface area contributed by atoms with Gasteiger partial charge in [-0.1, -0.05) is 23.4 Å². The molecule has 0 bridgehead atoms. The number of rotatable bonds is 4. The molecule has 2 aromatic rings. The highest BCUT2D eigenvalue weighted by Crippen LogP contribution is 2.25. The number of hydrogen-bond donors (Lipinski definition) is 0. The zero-order valence-corrected chi connectivity index (χ0v) is 11.6. The van der Waals surface area contributed by atoms with E-state index < -0.39 is 0 Å². The van der Waals surface area contributed by atoms with E-state index in [0.717, 1.165) is 16.8 Å². The lowest BCUT2D eigenvalue weighted by molar-refractivity contribution is -0.116. The molecule has 5 nitrogen and oxygen atoms in total. The van der Waals surface area contributed by atoms with Gasteiger partial charge >= 0.3 is 0 Å². The number of alkyl halides is 1. The summed E-state index contributed by atoms with van der Waals surface area (Å²) in [6.07, 6.45) is 3.29. The largest absolute Gasteiger partial charge is 0.291 e. The Hall–Kier alpha value is -1.88. The van der Waals surface area contributed by atoms with E-state index in [2.05, 4.69) is 10.3 Å². The van der Waals surface area contributed by atoms with Crippen LogP contribution in [0.3, 0.4) is 0 Å². The number of halogens is 1. The third kappa shape index (κ3) is 2.93. The lowest BCUT2D eigenvalue weighted by Crippen LogP contribution is -2.35. The van der Waals surface area contributed by atoms with E-state index in [0.29, 0.717) is 6.67 Å². The highest BCUT2D eigenvalue weighted by molar-refractivity contribution is 6.29. The molecule has 0 radical (unpaired) electrons. The van der Waals surface area contributed by atoms with Crippen LogP contribution in [-0.4, -0.2) is 26.8 Å². The number of anilines is 1. The SMILES string of the molecule is Cc1cccc(C)c1N(Cn1ccnn1)C(=O)CCl. The van der Waals surface area contributed by atoms with Crippen molar-refractivity contribution in [2.45, 2.75) is 20.5 Å². The van der Waals surface area contributed by atoms with Crippen LogP contribution >= 0.6 is 11.6 Å². The van der Waals surface area contributed by atoms with E-state index in [4.69, 9.17) is 11.6 Å². The molecule has 0 fully saturated rings. The van der Waals surface area contributed by atoms with Crippen LogP contribution in [0.5, 0.6) is 0 Å². The summed E-state index contributed by atoms with van der Waals surface area (Å²) in [4.78, 5) is 13.7. The number of amides is 1.